The van der Waals surface area contributed by atoms with Crippen molar-refractivity contribution in [2.45, 2.75) is 38.1 Å². The Morgan fingerprint density at radius 2 is 1.62 bits per heavy atom. The van der Waals surface area contributed by atoms with Crippen LogP contribution in [0.4, 0.5) is 0 Å². The minimum Gasteiger partial charge on any atom is -0.312 e. The predicted octanol–water partition coefficient (Wildman–Crippen LogP) is 1.21. The van der Waals surface area contributed by atoms with Crippen molar-refractivity contribution >= 4 is 0 Å². The van der Waals surface area contributed by atoms with Crippen LogP contribution in [-0.2, 0) is 0 Å². The molecule has 0 saturated heterocycles. The van der Waals surface area contributed by atoms with E-state index in [0.717, 1.165) is 42.8 Å². The first-order valence-corrected chi connectivity index (χ1v) is 6.91. The number of nitrogens with one attached hydrogen (secondary N) is 1. The van der Waals surface area contributed by atoms with Crippen molar-refractivity contribution in [1.82, 2.24) is 10.3 Å². The molecule has 4 aliphatic rings. The smallest absolute Gasteiger partial charge is 0.0250 e. The van der Waals surface area contributed by atoms with Crippen molar-refractivity contribution in [3.8, 4) is 0 Å². The van der Waals surface area contributed by atoms with E-state index in [-0.39, 0.29) is 0 Å². The molecule has 4 rings (SSSR count). The summed E-state index contributed by atoms with van der Waals surface area (Å²) in [6.45, 7) is 2.02. The molecule has 16 heavy (non-hydrogen) atoms. The van der Waals surface area contributed by atoms with Crippen LogP contribution in [0.5, 0.6) is 0 Å². The van der Waals surface area contributed by atoms with E-state index in [2.05, 4.69) is 5.32 Å². The summed E-state index contributed by atoms with van der Waals surface area (Å²) < 4.78 is 0. The van der Waals surface area contributed by atoms with E-state index in [1.807, 2.05) is 7.05 Å². The molecular weight excluding hydrogens is 198 g/mol. The Morgan fingerprint density at radius 3 is 2.12 bits per heavy atom. The van der Waals surface area contributed by atoms with Crippen LogP contribution in [0.3, 0.4) is 0 Å². The van der Waals surface area contributed by atoms with Gasteiger partial charge in [0.2, 0.25) is 0 Å². The van der Waals surface area contributed by atoms with Crippen molar-refractivity contribution in [2.24, 2.45) is 29.5 Å². The zero-order valence-corrected chi connectivity index (χ0v) is 10.4. The Balaban J connectivity index is 1.55. The Bertz CT molecular complexity index is 224. The molecule has 0 aliphatic heterocycles. The van der Waals surface area contributed by atoms with E-state index in [0.29, 0.717) is 0 Å². The minimum absolute atomic E-state index is 0.813. The molecule has 4 aliphatic carbocycles. The van der Waals surface area contributed by atoms with Crippen molar-refractivity contribution < 1.29 is 0 Å². The van der Waals surface area contributed by atoms with Gasteiger partial charge in [0.25, 0.3) is 0 Å². The lowest BCUT2D eigenvalue weighted by atomic mass is 9.54. The first-order valence-electron chi connectivity index (χ1n) is 6.91. The summed E-state index contributed by atoms with van der Waals surface area (Å²) in [7, 11) is 1.94. The summed E-state index contributed by atoms with van der Waals surface area (Å²) in [5, 5.41) is 5.56. The molecule has 0 amide bonds. The Kier molecular flexibility index (Phi) is 2.94. The summed E-state index contributed by atoms with van der Waals surface area (Å²) in [5.74, 6) is 9.78. The maximum absolute atomic E-state index is 5.65. The zero-order chi connectivity index (χ0) is 11.1. The summed E-state index contributed by atoms with van der Waals surface area (Å²) in [5.41, 5.74) is 0. The lowest BCUT2D eigenvalue weighted by Crippen LogP contribution is -2.55. The minimum atomic E-state index is 0.813. The molecule has 4 bridgehead atoms. The molecule has 92 valence electrons. The molecule has 0 unspecified atom stereocenters. The van der Waals surface area contributed by atoms with E-state index >= 15 is 0 Å². The average molecular weight is 223 g/mol. The van der Waals surface area contributed by atoms with Gasteiger partial charge in [-0.15, -0.1) is 0 Å². The van der Waals surface area contributed by atoms with Crippen LogP contribution >= 0.6 is 0 Å². The van der Waals surface area contributed by atoms with Crippen molar-refractivity contribution in [3.63, 3.8) is 0 Å². The fourth-order valence-electron chi connectivity index (χ4n) is 4.67. The highest BCUT2D eigenvalue weighted by Crippen LogP contribution is 2.53. The molecule has 3 nitrogen and oxygen atoms in total. The monoisotopic (exact) mass is 223 g/mol. The predicted molar refractivity (Wildman–Crippen MR) is 65.7 cm³/mol. The topological polar surface area (TPSA) is 41.3 Å². The second-order valence-electron chi connectivity index (χ2n) is 6.39. The van der Waals surface area contributed by atoms with Gasteiger partial charge in [-0.1, -0.05) is 0 Å². The number of nitrogens with two attached hydrogens (primary N) is 1. The quantitative estimate of drug-likeness (QED) is 0.556. The number of nitrogens with zero attached hydrogens (tertiary/aromatic N) is 1. The number of likely N-dealkylation sites (N-methyl/N-ethyl adjacent to an activating group) is 1. The van der Waals surface area contributed by atoms with Gasteiger partial charge in [0.15, 0.2) is 0 Å². The lowest BCUT2D eigenvalue weighted by molar-refractivity contribution is -0.0139. The number of hydrazine groups is 1. The molecule has 0 atom stereocenters. The molecule has 0 spiro atoms. The molecule has 0 heterocycles. The van der Waals surface area contributed by atoms with Crippen LogP contribution in [0.1, 0.15) is 32.1 Å². The second kappa shape index (κ2) is 4.28. The number of hydrogen-bond acceptors (Lipinski definition) is 3. The zero-order valence-electron chi connectivity index (χ0n) is 10.4. The van der Waals surface area contributed by atoms with Crippen LogP contribution in [0.25, 0.3) is 0 Å². The third-order valence-corrected chi connectivity index (χ3v) is 5.07. The van der Waals surface area contributed by atoms with Crippen LogP contribution in [-0.4, -0.2) is 31.2 Å². The molecule has 0 aromatic rings. The fraction of sp³-hybridized carbons (Fsp3) is 1.00. The first kappa shape index (κ1) is 11.0. The van der Waals surface area contributed by atoms with Crippen LogP contribution < -0.4 is 11.2 Å². The van der Waals surface area contributed by atoms with E-state index in [9.17, 15) is 0 Å². The molecule has 3 heteroatoms. The molecule has 3 N–H and O–H groups in total. The highest BCUT2D eigenvalue weighted by Gasteiger charge is 2.47. The normalized spacial score (nSPS) is 45.6. The summed E-state index contributed by atoms with van der Waals surface area (Å²) in [6, 6.07) is 0.813. The van der Waals surface area contributed by atoms with Gasteiger partial charge in [0, 0.05) is 26.2 Å². The van der Waals surface area contributed by atoms with E-state index in [4.69, 9.17) is 5.84 Å². The van der Waals surface area contributed by atoms with Gasteiger partial charge in [-0.05, 0) is 55.8 Å². The molecule has 4 fully saturated rings. The van der Waals surface area contributed by atoms with E-state index < -0.39 is 0 Å². The van der Waals surface area contributed by atoms with Crippen molar-refractivity contribution in [1.29, 1.82) is 0 Å². The van der Waals surface area contributed by atoms with Gasteiger partial charge in [0.1, 0.15) is 0 Å². The van der Waals surface area contributed by atoms with Crippen molar-refractivity contribution in [3.05, 3.63) is 0 Å². The van der Waals surface area contributed by atoms with Gasteiger partial charge in [0.05, 0.1) is 0 Å². The van der Waals surface area contributed by atoms with E-state index in [1.54, 1.807) is 11.4 Å². The molecule has 0 aromatic carbocycles. The fourth-order valence-corrected chi connectivity index (χ4v) is 4.67. The maximum atomic E-state index is 5.65. The lowest BCUT2D eigenvalue weighted by Gasteiger charge is -2.54. The third-order valence-electron chi connectivity index (χ3n) is 5.07. The Labute approximate surface area is 98.7 Å². The standard InChI is InChI=1S/C13H25N3/c1-16(14)3-2-15-13-11-5-9-4-10(7-11)8-12(13)6-9/h9-13,15H,2-8,14H2,1H3. The average Bonchev–Trinajstić information content (AvgIpc) is 2.20. The SMILES string of the molecule is CN(N)CCNC1C2CC3CC(C2)CC1C3. The molecule has 0 radical (unpaired) electrons. The van der Waals surface area contributed by atoms with Crippen LogP contribution in [0, 0.1) is 23.7 Å². The summed E-state index contributed by atoms with van der Waals surface area (Å²) in [6.07, 6.45) is 7.56. The van der Waals surface area contributed by atoms with E-state index in [1.165, 1.54) is 25.7 Å². The molecule has 4 saturated carbocycles. The molecular formula is C13H25N3. The molecule has 0 aromatic heterocycles. The van der Waals surface area contributed by atoms with Crippen molar-refractivity contribution in [2.75, 3.05) is 20.1 Å². The largest absolute Gasteiger partial charge is 0.312 e. The summed E-state index contributed by atoms with van der Waals surface area (Å²) in [4.78, 5) is 0. The van der Waals surface area contributed by atoms with Gasteiger partial charge >= 0.3 is 0 Å². The van der Waals surface area contributed by atoms with Gasteiger partial charge < -0.3 is 5.32 Å². The van der Waals surface area contributed by atoms with Gasteiger partial charge in [-0.2, -0.15) is 0 Å². The first-order chi connectivity index (χ1) is 7.72. The van der Waals surface area contributed by atoms with Crippen LogP contribution in [0.2, 0.25) is 0 Å². The highest BCUT2D eigenvalue weighted by molar-refractivity contribution is 5.01. The van der Waals surface area contributed by atoms with Crippen LogP contribution in [0.15, 0.2) is 0 Å². The maximum Gasteiger partial charge on any atom is 0.0250 e. The number of hydrogen-bond donors (Lipinski definition) is 2. The Morgan fingerprint density at radius 1 is 1.06 bits per heavy atom. The number of rotatable bonds is 4. The Hall–Kier alpha value is -0.120. The van der Waals surface area contributed by atoms with Gasteiger partial charge in [-0.25, -0.2) is 5.01 Å². The highest BCUT2D eigenvalue weighted by atomic mass is 15.4. The second-order valence-corrected chi connectivity index (χ2v) is 6.39. The van der Waals surface area contributed by atoms with Gasteiger partial charge in [-0.3, -0.25) is 5.84 Å². The summed E-state index contributed by atoms with van der Waals surface area (Å²) >= 11 is 0. The third kappa shape index (κ3) is 2.01.